The van der Waals surface area contributed by atoms with Crippen LogP contribution in [0.2, 0.25) is 0 Å². The Balaban J connectivity index is 2.71. The van der Waals surface area contributed by atoms with Crippen molar-refractivity contribution in [2.24, 2.45) is 0 Å². The van der Waals surface area contributed by atoms with Crippen LogP contribution in [0.25, 0.3) is 16.3 Å². The first-order valence-corrected chi connectivity index (χ1v) is 4.93. The molecule has 15 heavy (non-hydrogen) atoms. The third-order valence-electron chi connectivity index (χ3n) is 2.53. The van der Waals surface area contributed by atoms with Crippen LogP contribution in [-0.4, -0.2) is 6.29 Å². The van der Waals surface area contributed by atoms with E-state index in [1.54, 1.807) is 6.08 Å². The first-order chi connectivity index (χ1) is 7.33. The van der Waals surface area contributed by atoms with Crippen LogP contribution in [0.15, 0.2) is 48.5 Å². The monoisotopic (exact) mass is 196 g/mol. The highest BCUT2D eigenvalue weighted by Crippen LogP contribution is 2.24. The van der Waals surface area contributed by atoms with Crippen LogP contribution >= 0.6 is 0 Å². The average molecular weight is 196 g/mol. The summed E-state index contributed by atoms with van der Waals surface area (Å²) in [5.41, 5.74) is 2.13. The molecule has 0 amide bonds. The summed E-state index contributed by atoms with van der Waals surface area (Å²) in [6, 6.07) is 14.3. The largest absolute Gasteiger partial charge is 0.299 e. The maximum absolute atomic E-state index is 10.4. The van der Waals surface area contributed by atoms with E-state index >= 15 is 0 Å². The van der Waals surface area contributed by atoms with Gasteiger partial charge in [0.15, 0.2) is 0 Å². The van der Waals surface area contributed by atoms with Crippen LogP contribution in [0.3, 0.4) is 0 Å². The average Bonchev–Trinajstić information content (AvgIpc) is 2.28. The second-order valence-corrected chi connectivity index (χ2v) is 3.51. The maximum Gasteiger partial charge on any atom is 0.143 e. The summed E-state index contributed by atoms with van der Waals surface area (Å²) in [5, 5.41) is 2.39. The van der Waals surface area contributed by atoms with Gasteiger partial charge in [0.25, 0.3) is 0 Å². The number of aldehydes is 1. The Morgan fingerprint density at radius 1 is 1.07 bits per heavy atom. The summed E-state index contributed by atoms with van der Waals surface area (Å²) in [6.45, 7) is 1.95. The Hall–Kier alpha value is -1.89. The molecule has 0 atom stereocenters. The van der Waals surface area contributed by atoms with Crippen LogP contribution < -0.4 is 0 Å². The summed E-state index contributed by atoms with van der Waals surface area (Å²) in [6.07, 6.45) is 2.43. The van der Waals surface area contributed by atoms with Gasteiger partial charge in [-0.1, -0.05) is 42.5 Å². The minimum Gasteiger partial charge on any atom is -0.299 e. The first-order valence-electron chi connectivity index (χ1n) is 4.93. The molecule has 0 unspecified atom stereocenters. The van der Waals surface area contributed by atoms with Gasteiger partial charge in [0.2, 0.25) is 0 Å². The van der Waals surface area contributed by atoms with Gasteiger partial charge < -0.3 is 0 Å². The predicted molar refractivity (Wildman–Crippen MR) is 63.7 cm³/mol. The molecule has 0 saturated heterocycles. The van der Waals surface area contributed by atoms with Gasteiger partial charge in [-0.3, -0.25) is 4.79 Å². The lowest BCUT2D eigenvalue weighted by Gasteiger charge is -2.05. The quantitative estimate of drug-likeness (QED) is 0.531. The molecule has 0 heterocycles. The number of fused-ring (bicyclic) bond motifs is 1. The normalized spacial score (nSPS) is 11.7. The molecule has 1 nitrogen and oxygen atoms in total. The number of carbonyl (C=O) groups is 1. The van der Waals surface area contributed by atoms with Gasteiger partial charge in [0, 0.05) is 0 Å². The predicted octanol–water partition coefficient (Wildman–Crippen LogP) is 3.44. The topological polar surface area (TPSA) is 17.1 Å². The second-order valence-electron chi connectivity index (χ2n) is 3.51. The van der Waals surface area contributed by atoms with Crippen molar-refractivity contribution < 1.29 is 4.79 Å². The molecular weight excluding hydrogens is 184 g/mol. The van der Waals surface area contributed by atoms with Crippen LogP contribution in [-0.2, 0) is 4.79 Å². The molecule has 0 radical (unpaired) electrons. The van der Waals surface area contributed by atoms with Crippen LogP contribution in [0.5, 0.6) is 0 Å². The summed E-state index contributed by atoms with van der Waals surface area (Å²) < 4.78 is 0. The molecule has 0 N–H and O–H groups in total. The fraction of sp³-hybridized carbons (Fsp3) is 0.0714. The Kier molecular flexibility index (Phi) is 2.64. The van der Waals surface area contributed by atoms with Crippen molar-refractivity contribution in [2.75, 3.05) is 0 Å². The molecule has 2 aromatic carbocycles. The zero-order valence-electron chi connectivity index (χ0n) is 8.60. The fourth-order valence-corrected chi connectivity index (χ4v) is 1.76. The zero-order valence-corrected chi connectivity index (χ0v) is 8.60. The van der Waals surface area contributed by atoms with Gasteiger partial charge in [-0.05, 0) is 34.9 Å². The van der Waals surface area contributed by atoms with Crippen molar-refractivity contribution in [1.82, 2.24) is 0 Å². The van der Waals surface area contributed by atoms with Gasteiger partial charge in [-0.15, -0.1) is 0 Å². The molecule has 0 aromatic heterocycles. The highest BCUT2D eigenvalue weighted by atomic mass is 16.1. The molecule has 2 aromatic rings. The number of benzene rings is 2. The minimum atomic E-state index is 0.830. The highest BCUT2D eigenvalue weighted by Gasteiger charge is 2.00. The Morgan fingerprint density at radius 2 is 1.80 bits per heavy atom. The third kappa shape index (κ3) is 1.82. The van der Waals surface area contributed by atoms with E-state index < -0.39 is 0 Å². The van der Waals surface area contributed by atoms with Crippen molar-refractivity contribution in [3.05, 3.63) is 54.1 Å². The van der Waals surface area contributed by atoms with Crippen molar-refractivity contribution in [1.29, 1.82) is 0 Å². The molecule has 0 spiro atoms. The lowest BCUT2D eigenvalue weighted by Crippen LogP contribution is -1.83. The maximum atomic E-state index is 10.4. The van der Waals surface area contributed by atoms with E-state index in [0.717, 1.165) is 17.4 Å². The van der Waals surface area contributed by atoms with E-state index in [4.69, 9.17) is 0 Å². The van der Waals surface area contributed by atoms with Gasteiger partial charge in [0.1, 0.15) is 6.29 Å². The van der Waals surface area contributed by atoms with Gasteiger partial charge in [-0.25, -0.2) is 0 Å². The van der Waals surface area contributed by atoms with Gasteiger partial charge in [0.05, 0.1) is 0 Å². The minimum absolute atomic E-state index is 0.830. The van der Waals surface area contributed by atoms with Crippen LogP contribution in [0, 0.1) is 0 Å². The number of allylic oxidation sites excluding steroid dienone is 2. The SMILES string of the molecule is CC(=CC=O)c1cccc2ccccc12. The summed E-state index contributed by atoms with van der Waals surface area (Å²) in [4.78, 5) is 10.4. The zero-order chi connectivity index (χ0) is 10.7. The standard InChI is InChI=1S/C14H12O/c1-11(9-10-15)13-8-4-6-12-5-2-3-7-14(12)13/h2-10H,1H3. The number of hydrogen-bond acceptors (Lipinski definition) is 1. The van der Waals surface area contributed by atoms with Crippen LogP contribution in [0.4, 0.5) is 0 Å². The molecule has 1 heteroatoms. The van der Waals surface area contributed by atoms with Crippen molar-refractivity contribution >= 4 is 22.6 Å². The lowest BCUT2D eigenvalue weighted by atomic mass is 9.99. The van der Waals surface area contributed by atoms with E-state index in [2.05, 4.69) is 18.2 Å². The first kappa shape index (κ1) is 9.66. The van der Waals surface area contributed by atoms with Crippen molar-refractivity contribution in [3.63, 3.8) is 0 Å². The summed E-state index contributed by atoms with van der Waals surface area (Å²) in [7, 11) is 0. The van der Waals surface area contributed by atoms with E-state index in [1.165, 1.54) is 10.8 Å². The molecule has 0 bridgehead atoms. The molecule has 2 rings (SSSR count). The Labute approximate surface area is 89.0 Å². The Bertz CT molecular complexity index is 518. The smallest absolute Gasteiger partial charge is 0.143 e. The lowest BCUT2D eigenvalue weighted by molar-refractivity contribution is -0.104. The molecule has 0 aliphatic heterocycles. The second kappa shape index (κ2) is 4.09. The summed E-state index contributed by atoms with van der Waals surface area (Å²) >= 11 is 0. The van der Waals surface area contributed by atoms with Gasteiger partial charge >= 0.3 is 0 Å². The molecule has 0 aliphatic carbocycles. The van der Waals surface area contributed by atoms with E-state index in [1.807, 2.05) is 31.2 Å². The molecule has 0 aliphatic rings. The Morgan fingerprint density at radius 3 is 2.60 bits per heavy atom. The number of hydrogen-bond donors (Lipinski definition) is 0. The summed E-state index contributed by atoms with van der Waals surface area (Å²) in [5.74, 6) is 0. The molecule has 74 valence electrons. The van der Waals surface area contributed by atoms with Crippen molar-refractivity contribution in [3.8, 4) is 0 Å². The fourth-order valence-electron chi connectivity index (χ4n) is 1.76. The third-order valence-corrected chi connectivity index (χ3v) is 2.53. The molecule has 0 saturated carbocycles. The van der Waals surface area contributed by atoms with E-state index in [0.29, 0.717) is 0 Å². The van der Waals surface area contributed by atoms with Gasteiger partial charge in [-0.2, -0.15) is 0 Å². The number of carbonyl (C=O) groups excluding carboxylic acids is 1. The van der Waals surface area contributed by atoms with Crippen molar-refractivity contribution in [2.45, 2.75) is 6.92 Å². The van der Waals surface area contributed by atoms with E-state index in [9.17, 15) is 4.79 Å². The van der Waals surface area contributed by atoms with Crippen LogP contribution in [0.1, 0.15) is 12.5 Å². The number of rotatable bonds is 2. The highest BCUT2D eigenvalue weighted by molar-refractivity contribution is 5.95. The molecular formula is C14H12O. The molecule has 0 fully saturated rings. The van der Waals surface area contributed by atoms with E-state index in [-0.39, 0.29) is 0 Å².